The van der Waals surface area contributed by atoms with Crippen LogP contribution in [0.4, 0.5) is 0 Å². The lowest BCUT2D eigenvalue weighted by Gasteiger charge is -2.42. The molecule has 2 fully saturated rings. The first-order chi connectivity index (χ1) is 8.59. The summed E-state index contributed by atoms with van der Waals surface area (Å²) in [5, 5.41) is 10.6. The van der Waals surface area contributed by atoms with E-state index in [1.165, 1.54) is 19.3 Å². The number of Topliss-reactive ketones (excluding diaryl/α,β-unsaturated/α-hetero) is 1. The number of hydrogen-bond acceptors (Lipinski definition) is 3. The van der Waals surface area contributed by atoms with Crippen molar-refractivity contribution in [3.05, 3.63) is 0 Å². The van der Waals surface area contributed by atoms with Gasteiger partial charge in [0.1, 0.15) is 5.78 Å². The van der Waals surface area contributed by atoms with E-state index in [1.54, 1.807) is 6.92 Å². The van der Waals surface area contributed by atoms with Crippen LogP contribution in [0, 0.1) is 0 Å². The first kappa shape index (κ1) is 14.0. The third kappa shape index (κ3) is 3.79. The topological polar surface area (TPSA) is 40.5 Å². The minimum atomic E-state index is -0.482. The second-order valence-corrected chi connectivity index (χ2v) is 6.31. The molecule has 1 saturated heterocycles. The van der Waals surface area contributed by atoms with E-state index in [-0.39, 0.29) is 5.78 Å². The summed E-state index contributed by atoms with van der Waals surface area (Å²) in [5.74, 6) is 0.280. The Morgan fingerprint density at radius 2 is 1.94 bits per heavy atom. The molecule has 0 amide bonds. The average molecular weight is 253 g/mol. The molecule has 104 valence electrons. The van der Waals surface area contributed by atoms with Crippen molar-refractivity contribution in [2.24, 2.45) is 0 Å². The van der Waals surface area contributed by atoms with Crippen molar-refractivity contribution < 1.29 is 9.90 Å². The molecule has 3 nitrogen and oxygen atoms in total. The van der Waals surface area contributed by atoms with Gasteiger partial charge in [-0.05, 0) is 39.2 Å². The number of nitrogens with zero attached hydrogens (tertiary/aromatic N) is 1. The van der Waals surface area contributed by atoms with Gasteiger partial charge >= 0.3 is 0 Å². The summed E-state index contributed by atoms with van der Waals surface area (Å²) < 4.78 is 0. The van der Waals surface area contributed by atoms with E-state index in [0.717, 1.165) is 45.2 Å². The molecule has 0 aromatic rings. The zero-order valence-electron chi connectivity index (χ0n) is 11.7. The molecule has 1 aliphatic carbocycles. The van der Waals surface area contributed by atoms with Gasteiger partial charge in [0.05, 0.1) is 5.60 Å². The van der Waals surface area contributed by atoms with Crippen LogP contribution in [-0.2, 0) is 4.79 Å². The highest BCUT2D eigenvalue weighted by Crippen LogP contribution is 2.31. The van der Waals surface area contributed by atoms with Gasteiger partial charge < -0.3 is 5.11 Å². The Morgan fingerprint density at radius 1 is 1.22 bits per heavy atom. The molecule has 18 heavy (non-hydrogen) atoms. The molecule has 2 rings (SSSR count). The highest BCUT2D eigenvalue weighted by atomic mass is 16.3. The summed E-state index contributed by atoms with van der Waals surface area (Å²) in [6.45, 7) is 3.52. The van der Waals surface area contributed by atoms with E-state index in [9.17, 15) is 9.90 Å². The van der Waals surface area contributed by atoms with Crippen molar-refractivity contribution in [2.45, 2.75) is 76.4 Å². The average Bonchev–Trinajstić information content (AvgIpc) is 2.32. The fourth-order valence-electron chi connectivity index (χ4n) is 3.58. The minimum absolute atomic E-state index is 0.280. The molecule has 3 heteroatoms. The van der Waals surface area contributed by atoms with Gasteiger partial charge in [0.15, 0.2) is 0 Å². The van der Waals surface area contributed by atoms with Crippen LogP contribution in [0.3, 0.4) is 0 Å². The van der Waals surface area contributed by atoms with Crippen LogP contribution in [0.1, 0.15) is 64.7 Å². The molecule has 1 N–H and O–H groups in total. The predicted octanol–water partition coefficient (Wildman–Crippen LogP) is 2.52. The van der Waals surface area contributed by atoms with Gasteiger partial charge in [-0.3, -0.25) is 9.69 Å². The Morgan fingerprint density at radius 3 is 2.61 bits per heavy atom. The van der Waals surface area contributed by atoms with Crippen LogP contribution >= 0.6 is 0 Å². The quantitative estimate of drug-likeness (QED) is 0.837. The molecular weight excluding hydrogens is 226 g/mol. The van der Waals surface area contributed by atoms with Gasteiger partial charge in [-0.1, -0.05) is 25.7 Å². The van der Waals surface area contributed by atoms with Gasteiger partial charge in [0.25, 0.3) is 0 Å². The molecule has 0 aromatic carbocycles. The van der Waals surface area contributed by atoms with Crippen molar-refractivity contribution in [2.75, 3.05) is 13.1 Å². The van der Waals surface area contributed by atoms with E-state index in [2.05, 4.69) is 4.90 Å². The van der Waals surface area contributed by atoms with Crippen LogP contribution in [0.2, 0.25) is 0 Å². The van der Waals surface area contributed by atoms with Gasteiger partial charge in [-0.15, -0.1) is 0 Å². The lowest BCUT2D eigenvalue weighted by Crippen LogP contribution is -2.50. The van der Waals surface area contributed by atoms with Crippen molar-refractivity contribution in [3.8, 4) is 0 Å². The predicted molar refractivity (Wildman–Crippen MR) is 72.5 cm³/mol. The highest BCUT2D eigenvalue weighted by Gasteiger charge is 2.34. The first-order valence-electron chi connectivity index (χ1n) is 7.55. The van der Waals surface area contributed by atoms with Gasteiger partial charge in [-0.25, -0.2) is 0 Å². The molecule has 0 radical (unpaired) electrons. The van der Waals surface area contributed by atoms with E-state index in [0.29, 0.717) is 12.5 Å². The Hall–Kier alpha value is -0.410. The zero-order valence-corrected chi connectivity index (χ0v) is 11.7. The number of hydrogen-bond donors (Lipinski definition) is 1. The third-order valence-corrected chi connectivity index (χ3v) is 4.55. The van der Waals surface area contributed by atoms with Crippen molar-refractivity contribution in [3.63, 3.8) is 0 Å². The summed E-state index contributed by atoms with van der Waals surface area (Å²) in [5.41, 5.74) is -0.482. The second-order valence-electron chi connectivity index (χ2n) is 6.31. The van der Waals surface area contributed by atoms with Gasteiger partial charge in [0, 0.05) is 19.0 Å². The molecule has 1 unspecified atom stereocenters. The number of carbonyl (C=O) groups excluding carboxylic acids is 1. The van der Waals surface area contributed by atoms with Gasteiger partial charge in [0.2, 0.25) is 0 Å². The van der Waals surface area contributed by atoms with Crippen LogP contribution < -0.4 is 0 Å². The molecule has 1 saturated carbocycles. The maximum Gasteiger partial charge on any atom is 0.131 e. The SMILES string of the molecule is CC(=O)CC1CCCCN1CC1(O)CCCCC1. The van der Waals surface area contributed by atoms with E-state index in [4.69, 9.17) is 0 Å². The number of carbonyl (C=O) groups is 1. The minimum Gasteiger partial charge on any atom is -0.389 e. The van der Waals surface area contributed by atoms with E-state index < -0.39 is 5.60 Å². The summed E-state index contributed by atoms with van der Waals surface area (Å²) in [6, 6.07) is 0.377. The third-order valence-electron chi connectivity index (χ3n) is 4.55. The van der Waals surface area contributed by atoms with Crippen LogP contribution in [0.25, 0.3) is 0 Å². The lowest BCUT2D eigenvalue weighted by atomic mass is 9.83. The fourth-order valence-corrected chi connectivity index (χ4v) is 3.58. The number of piperidine rings is 1. The van der Waals surface area contributed by atoms with Crippen LogP contribution in [0.15, 0.2) is 0 Å². The summed E-state index contributed by atoms with van der Waals surface area (Å²) in [7, 11) is 0. The molecule has 0 aromatic heterocycles. The normalized spacial score (nSPS) is 29.1. The summed E-state index contributed by atoms with van der Waals surface area (Å²) in [4.78, 5) is 13.7. The molecule has 1 aliphatic heterocycles. The Kier molecular flexibility index (Phi) is 4.79. The van der Waals surface area contributed by atoms with Gasteiger partial charge in [-0.2, -0.15) is 0 Å². The number of β-amino-alcohol motifs (C(OH)–C–C–N with tert-alkyl or cyclic N) is 1. The maximum absolute atomic E-state index is 11.3. The summed E-state index contributed by atoms with van der Waals surface area (Å²) in [6.07, 6.45) is 9.68. The standard InChI is InChI=1S/C15H27NO2/c1-13(17)11-14-7-3-6-10-16(14)12-15(18)8-4-2-5-9-15/h14,18H,2-12H2,1H3. The maximum atomic E-state index is 11.3. The number of ketones is 1. The molecular formula is C15H27NO2. The lowest BCUT2D eigenvalue weighted by molar-refractivity contribution is -0.119. The molecule has 2 aliphatic rings. The summed E-state index contributed by atoms with van der Waals surface area (Å²) >= 11 is 0. The van der Waals surface area contributed by atoms with E-state index >= 15 is 0 Å². The Labute approximate surface area is 111 Å². The largest absolute Gasteiger partial charge is 0.389 e. The number of aliphatic hydroxyl groups is 1. The molecule has 0 bridgehead atoms. The Balaban J connectivity index is 1.93. The van der Waals surface area contributed by atoms with Crippen molar-refractivity contribution in [1.29, 1.82) is 0 Å². The monoisotopic (exact) mass is 253 g/mol. The van der Waals surface area contributed by atoms with Crippen LogP contribution in [-0.4, -0.2) is 40.5 Å². The van der Waals surface area contributed by atoms with E-state index in [1.807, 2.05) is 0 Å². The number of rotatable bonds is 4. The van der Waals surface area contributed by atoms with Crippen molar-refractivity contribution >= 4 is 5.78 Å². The zero-order chi connectivity index (χ0) is 13.0. The van der Waals surface area contributed by atoms with Crippen molar-refractivity contribution in [1.82, 2.24) is 4.90 Å². The fraction of sp³-hybridized carbons (Fsp3) is 0.933. The molecule has 0 spiro atoms. The highest BCUT2D eigenvalue weighted by molar-refractivity contribution is 5.76. The molecule has 1 heterocycles. The second kappa shape index (κ2) is 6.16. The van der Waals surface area contributed by atoms with Crippen LogP contribution in [0.5, 0.6) is 0 Å². The Bertz CT molecular complexity index is 284. The smallest absolute Gasteiger partial charge is 0.131 e. The molecule has 1 atom stereocenters. The number of likely N-dealkylation sites (tertiary alicyclic amines) is 1. The first-order valence-corrected chi connectivity index (χ1v) is 7.55.